The minimum absolute atomic E-state index is 0.0169. The van der Waals surface area contributed by atoms with Crippen LogP contribution in [0.2, 0.25) is 0 Å². The maximum absolute atomic E-state index is 12.7. The van der Waals surface area contributed by atoms with Crippen LogP contribution in [0, 0.1) is 5.92 Å². The summed E-state index contributed by atoms with van der Waals surface area (Å²) in [5.74, 6) is -0.908. The van der Waals surface area contributed by atoms with Crippen molar-refractivity contribution in [1.29, 1.82) is 0 Å². The van der Waals surface area contributed by atoms with E-state index < -0.39 is 35.6 Å². The number of fused-ring (bicyclic) bond motifs is 3. The molecule has 0 unspecified atom stereocenters. The molecule has 0 heterocycles. The summed E-state index contributed by atoms with van der Waals surface area (Å²) in [5.41, 5.74) is 10.4. The Kier molecular flexibility index (Phi) is 14.8. The van der Waals surface area contributed by atoms with Crippen LogP contribution >= 0.6 is 0 Å². The molecule has 0 spiro atoms. The quantitative estimate of drug-likeness (QED) is 0.0889. The van der Waals surface area contributed by atoms with Gasteiger partial charge in [0.2, 0.25) is 11.8 Å². The fourth-order valence-corrected chi connectivity index (χ4v) is 6.09. The van der Waals surface area contributed by atoms with Crippen molar-refractivity contribution in [2.45, 2.75) is 97.2 Å². The second kappa shape index (κ2) is 19.4. The van der Waals surface area contributed by atoms with Gasteiger partial charge in [-0.2, -0.15) is 0 Å². The molecule has 0 bridgehead atoms. The minimum Gasteiger partial charge on any atom is -0.449 e. The van der Waals surface area contributed by atoms with Gasteiger partial charge in [-0.15, -0.1) is 0 Å². The van der Waals surface area contributed by atoms with Gasteiger partial charge in [0, 0.05) is 25.4 Å². The van der Waals surface area contributed by atoms with E-state index >= 15 is 0 Å². The number of carbonyl (C=O) groups is 5. The molecule has 3 aromatic rings. The minimum atomic E-state index is -0.876. The Labute approximate surface area is 312 Å². The molecule has 53 heavy (non-hydrogen) atoms. The highest BCUT2D eigenvalue weighted by molar-refractivity contribution is 5.88. The molecule has 0 aromatic heterocycles. The first-order valence-corrected chi connectivity index (χ1v) is 18.3. The summed E-state index contributed by atoms with van der Waals surface area (Å²) < 4.78 is 10.8. The summed E-state index contributed by atoms with van der Waals surface area (Å²) in [6.07, 6.45) is 1.82. The second-order valence-corrected chi connectivity index (χ2v) is 14.7. The van der Waals surface area contributed by atoms with Gasteiger partial charge < -0.3 is 25.4 Å². The van der Waals surface area contributed by atoms with Gasteiger partial charge >= 0.3 is 12.2 Å². The van der Waals surface area contributed by atoms with Crippen molar-refractivity contribution < 1.29 is 33.4 Å². The normalized spacial score (nSPS) is 12.6. The SMILES string of the molecule is CC(C)C[C@@H](NC(=O)OC(C)(C)C)C(=O)NNC(=O)Cc1ccc(CNC(=O)CCCCCNC(=O)OCC2c3ccccc3-c3ccccc32)cc1. The Hall–Kier alpha value is -5.39. The molecule has 0 radical (unpaired) electrons. The van der Waals surface area contributed by atoms with E-state index in [1.165, 1.54) is 22.3 Å². The van der Waals surface area contributed by atoms with Crippen molar-refractivity contribution in [2.24, 2.45) is 5.92 Å². The van der Waals surface area contributed by atoms with Crippen LogP contribution in [0.25, 0.3) is 11.1 Å². The predicted molar refractivity (Wildman–Crippen MR) is 202 cm³/mol. The van der Waals surface area contributed by atoms with E-state index in [-0.39, 0.29) is 30.8 Å². The third-order valence-electron chi connectivity index (χ3n) is 8.61. The molecule has 1 aliphatic rings. The summed E-state index contributed by atoms with van der Waals surface area (Å²) in [7, 11) is 0. The first kappa shape index (κ1) is 40.4. The van der Waals surface area contributed by atoms with Crippen LogP contribution in [-0.4, -0.2) is 54.7 Å². The fraction of sp³-hybridized carbons (Fsp3) is 0.439. The lowest BCUT2D eigenvalue weighted by atomic mass is 9.98. The number of alkyl carbamates (subject to hydrolysis) is 2. The van der Waals surface area contributed by atoms with Crippen molar-refractivity contribution in [3.05, 3.63) is 95.1 Å². The van der Waals surface area contributed by atoms with Gasteiger partial charge in [0.15, 0.2) is 0 Å². The topological polar surface area (TPSA) is 164 Å². The molecular formula is C41H53N5O7. The van der Waals surface area contributed by atoms with Gasteiger partial charge in [-0.05, 0) is 79.3 Å². The van der Waals surface area contributed by atoms with E-state index in [2.05, 4.69) is 51.1 Å². The summed E-state index contributed by atoms with van der Waals surface area (Å²) in [6, 6.07) is 22.8. The number of unbranched alkanes of at least 4 members (excludes halogenated alkanes) is 2. The highest BCUT2D eigenvalue weighted by Crippen LogP contribution is 2.44. The van der Waals surface area contributed by atoms with Gasteiger partial charge in [-0.1, -0.05) is 93.1 Å². The molecule has 4 rings (SSSR count). The number of ether oxygens (including phenoxy) is 2. The molecule has 5 amide bonds. The number of amides is 5. The summed E-state index contributed by atoms with van der Waals surface area (Å²) >= 11 is 0. The van der Waals surface area contributed by atoms with E-state index in [0.29, 0.717) is 32.4 Å². The van der Waals surface area contributed by atoms with Gasteiger partial charge in [0.1, 0.15) is 18.2 Å². The lowest BCUT2D eigenvalue weighted by Gasteiger charge is -2.24. The Morgan fingerprint density at radius 3 is 1.96 bits per heavy atom. The Balaban J connectivity index is 1.06. The Morgan fingerprint density at radius 1 is 0.717 bits per heavy atom. The number of rotatable bonds is 16. The zero-order chi connectivity index (χ0) is 38.4. The van der Waals surface area contributed by atoms with E-state index in [9.17, 15) is 24.0 Å². The average Bonchev–Trinajstić information content (AvgIpc) is 3.43. The first-order valence-electron chi connectivity index (χ1n) is 18.3. The van der Waals surface area contributed by atoms with Crippen LogP contribution in [0.4, 0.5) is 9.59 Å². The average molecular weight is 728 g/mol. The summed E-state index contributed by atoms with van der Waals surface area (Å²) in [5, 5.41) is 8.30. The number of carbonyl (C=O) groups excluding carboxylic acids is 5. The standard InChI is InChI=1S/C41H53N5O7/c1-27(2)23-35(44-40(51)53-41(3,4)5)38(49)46-45-37(48)24-28-18-20-29(21-19-28)25-43-36(47)17-7-6-12-22-42-39(50)52-26-34-32-15-10-8-13-30(32)31-14-9-11-16-33(31)34/h8-11,13-16,18-21,27,34-35H,6-7,12,17,22-26H2,1-5H3,(H,42,50)(H,43,47)(H,44,51)(H,45,48)(H,46,49)/t35-/m1/s1. The molecule has 0 fully saturated rings. The van der Waals surface area contributed by atoms with Gasteiger partial charge in [-0.25, -0.2) is 9.59 Å². The van der Waals surface area contributed by atoms with Crippen molar-refractivity contribution in [1.82, 2.24) is 26.8 Å². The van der Waals surface area contributed by atoms with Gasteiger partial charge in [0.25, 0.3) is 5.91 Å². The highest BCUT2D eigenvalue weighted by atomic mass is 16.6. The van der Waals surface area contributed by atoms with E-state index in [1.54, 1.807) is 32.9 Å². The number of hydrogen-bond donors (Lipinski definition) is 5. The number of nitrogens with one attached hydrogen (secondary N) is 5. The molecule has 5 N–H and O–H groups in total. The zero-order valence-corrected chi connectivity index (χ0v) is 31.4. The summed E-state index contributed by atoms with van der Waals surface area (Å²) in [4.78, 5) is 62.2. The number of benzene rings is 3. The van der Waals surface area contributed by atoms with Crippen LogP contribution in [0.5, 0.6) is 0 Å². The molecule has 284 valence electrons. The second-order valence-electron chi connectivity index (χ2n) is 14.7. The lowest BCUT2D eigenvalue weighted by Crippen LogP contribution is -2.53. The van der Waals surface area contributed by atoms with E-state index in [4.69, 9.17) is 9.47 Å². The summed E-state index contributed by atoms with van der Waals surface area (Å²) in [6.45, 7) is 10.1. The van der Waals surface area contributed by atoms with Crippen LogP contribution in [0.15, 0.2) is 72.8 Å². The predicted octanol–water partition coefficient (Wildman–Crippen LogP) is 6.03. The third kappa shape index (κ3) is 13.3. The maximum atomic E-state index is 12.7. The number of hydrazine groups is 1. The van der Waals surface area contributed by atoms with Gasteiger partial charge in [-0.3, -0.25) is 25.2 Å². The molecule has 12 heteroatoms. The monoisotopic (exact) mass is 727 g/mol. The smallest absolute Gasteiger partial charge is 0.408 e. The molecule has 1 atom stereocenters. The molecule has 0 saturated heterocycles. The number of hydrogen-bond acceptors (Lipinski definition) is 7. The van der Waals surface area contributed by atoms with Crippen LogP contribution in [-0.2, 0) is 36.8 Å². The molecule has 0 saturated carbocycles. The Bertz CT molecular complexity index is 1670. The molecule has 3 aromatic carbocycles. The van der Waals surface area contributed by atoms with E-state index in [1.807, 2.05) is 50.2 Å². The highest BCUT2D eigenvalue weighted by Gasteiger charge is 2.29. The van der Waals surface area contributed by atoms with Crippen molar-refractivity contribution in [2.75, 3.05) is 13.2 Å². The molecule has 0 aliphatic heterocycles. The largest absolute Gasteiger partial charge is 0.449 e. The lowest BCUT2D eigenvalue weighted by molar-refractivity contribution is -0.130. The van der Waals surface area contributed by atoms with Crippen LogP contribution in [0.1, 0.15) is 94.9 Å². The molecule has 1 aliphatic carbocycles. The van der Waals surface area contributed by atoms with Crippen molar-refractivity contribution in [3.8, 4) is 11.1 Å². The van der Waals surface area contributed by atoms with Crippen molar-refractivity contribution in [3.63, 3.8) is 0 Å². The van der Waals surface area contributed by atoms with Gasteiger partial charge in [0.05, 0.1) is 6.42 Å². The van der Waals surface area contributed by atoms with Crippen molar-refractivity contribution >= 4 is 29.9 Å². The molecule has 12 nitrogen and oxygen atoms in total. The third-order valence-corrected chi connectivity index (χ3v) is 8.61. The maximum Gasteiger partial charge on any atom is 0.408 e. The first-order chi connectivity index (χ1) is 25.3. The molecular weight excluding hydrogens is 674 g/mol. The van der Waals surface area contributed by atoms with Crippen LogP contribution < -0.4 is 26.8 Å². The zero-order valence-electron chi connectivity index (χ0n) is 31.4. The van der Waals surface area contributed by atoms with E-state index in [0.717, 1.165) is 24.0 Å². The fourth-order valence-electron chi connectivity index (χ4n) is 6.09. The Morgan fingerprint density at radius 2 is 1.34 bits per heavy atom. The van der Waals surface area contributed by atoms with Crippen LogP contribution in [0.3, 0.4) is 0 Å².